The number of esters is 1. The lowest BCUT2D eigenvalue weighted by molar-refractivity contribution is -0.146. The average Bonchev–Trinajstić information content (AvgIpc) is 3.01. The third-order valence-electron chi connectivity index (χ3n) is 3.35. The summed E-state index contributed by atoms with van der Waals surface area (Å²) in [6.07, 6.45) is 0.142. The molecule has 1 N–H and O–H groups in total. The quantitative estimate of drug-likeness (QED) is 0.826. The average molecular weight is 332 g/mol. The molecule has 2 aromatic rings. The van der Waals surface area contributed by atoms with E-state index >= 15 is 0 Å². The minimum Gasteiger partial charge on any atom is -0.467 e. The Morgan fingerprint density at radius 2 is 1.96 bits per heavy atom. The van der Waals surface area contributed by atoms with Gasteiger partial charge < -0.3 is 10.1 Å². The van der Waals surface area contributed by atoms with Gasteiger partial charge in [0.15, 0.2) is 0 Å². The standard InChI is InChI=1S/C17H20N2O3S/c1-11(2)15(17(21)22-3)19-14(20)9-13-10-23-16(18-13)12-7-5-4-6-8-12/h4-8,10-11,15H,9H2,1-3H3,(H,19,20). The van der Waals surface area contributed by atoms with E-state index in [9.17, 15) is 9.59 Å². The lowest BCUT2D eigenvalue weighted by atomic mass is 10.0. The summed E-state index contributed by atoms with van der Waals surface area (Å²) < 4.78 is 4.72. The van der Waals surface area contributed by atoms with Gasteiger partial charge >= 0.3 is 5.97 Å². The highest BCUT2D eigenvalue weighted by molar-refractivity contribution is 7.13. The van der Waals surface area contributed by atoms with Crippen LogP contribution in [0.1, 0.15) is 19.5 Å². The molecule has 2 rings (SSSR count). The van der Waals surface area contributed by atoms with Crippen molar-refractivity contribution in [3.8, 4) is 10.6 Å². The fraction of sp³-hybridized carbons (Fsp3) is 0.353. The fourth-order valence-corrected chi connectivity index (χ4v) is 2.94. The van der Waals surface area contributed by atoms with Crippen molar-refractivity contribution in [2.75, 3.05) is 7.11 Å². The number of carbonyl (C=O) groups excluding carboxylic acids is 2. The number of benzene rings is 1. The molecule has 1 aromatic carbocycles. The molecule has 0 spiro atoms. The van der Waals surface area contributed by atoms with Gasteiger partial charge in [0.25, 0.3) is 0 Å². The van der Waals surface area contributed by atoms with Crippen molar-refractivity contribution in [2.45, 2.75) is 26.3 Å². The second-order valence-corrected chi connectivity index (χ2v) is 6.36. The first-order chi connectivity index (χ1) is 11.0. The van der Waals surface area contributed by atoms with Gasteiger partial charge in [0.2, 0.25) is 5.91 Å². The molecule has 23 heavy (non-hydrogen) atoms. The van der Waals surface area contributed by atoms with Crippen LogP contribution in [0.25, 0.3) is 10.6 Å². The fourth-order valence-electron chi connectivity index (χ4n) is 2.12. The number of methoxy groups -OCH3 is 1. The largest absolute Gasteiger partial charge is 0.467 e. The van der Waals surface area contributed by atoms with Crippen LogP contribution in [0, 0.1) is 5.92 Å². The number of nitrogens with one attached hydrogen (secondary N) is 1. The lowest BCUT2D eigenvalue weighted by Gasteiger charge is -2.19. The SMILES string of the molecule is COC(=O)C(NC(=O)Cc1csc(-c2ccccc2)n1)C(C)C. The van der Waals surface area contributed by atoms with Crippen LogP contribution in [-0.4, -0.2) is 30.0 Å². The molecule has 0 saturated carbocycles. The molecule has 0 aliphatic rings. The van der Waals surface area contributed by atoms with Gasteiger partial charge in [-0.15, -0.1) is 11.3 Å². The molecule has 0 saturated heterocycles. The summed E-state index contributed by atoms with van der Waals surface area (Å²) in [5.41, 5.74) is 1.72. The second-order valence-electron chi connectivity index (χ2n) is 5.50. The van der Waals surface area contributed by atoms with Gasteiger partial charge in [0.05, 0.1) is 19.2 Å². The zero-order valence-corrected chi connectivity index (χ0v) is 14.2. The van der Waals surface area contributed by atoms with Crippen molar-refractivity contribution in [1.82, 2.24) is 10.3 Å². The van der Waals surface area contributed by atoms with Crippen LogP contribution >= 0.6 is 11.3 Å². The van der Waals surface area contributed by atoms with Crippen LogP contribution in [0.15, 0.2) is 35.7 Å². The Kier molecular flexibility index (Phi) is 5.87. The van der Waals surface area contributed by atoms with E-state index in [0.29, 0.717) is 5.69 Å². The topological polar surface area (TPSA) is 68.3 Å². The van der Waals surface area contributed by atoms with E-state index in [0.717, 1.165) is 10.6 Å². The summed E-state index contributed by atoms with van der Waals surface area (Å²) in [5.74, 6) is -0.711. The number of nitrogens with zero attached hydrogens (tertiary/aromatic N) is 1. The second kappa shape index (κ2) is 7.87. The van der Waals surface area contributed by atoms with E-state index in [1.165, 1.54) is 18.4 Å². The maximum absolute atomic E-state index is 12.1. The minimum atomic E-state index is -0.639. The number of amides is 1. The summed E-state index contributed by atoms with van der Waals surface area (Å²) in [5, 5.41) is 5.46. The Bertz CT molecular complexity index is 667. The molecule has 1 atom stereocenters. The highest BCUT2D eigenvalue weighted by Crippen LogP contribution is 2.23. The Morgan fingerprint density at radius 3 is 2.57 bits per heavy atom. The van der Waals surface area contributed by atoms with Crippen molar-refractivity contribution >= 4 is 23.2 Å². The Hall–Kier alpha value is -2.21. The molecule has 0 aliphatic heterocycles. The number of hydrogen-bond donors (Lipinski definition) is 1. The van der Waals surface area contributed by atoms with Crippen molar-refractivity contribution in [3.63, 3.8) is 0 Å². The van der Waals surface area contributed by atoms with Crippen LogP contribution in [0.5, 0.6) is 0 Å². The summed E-state index contributed by atoms with van der Waals surface area (Å²) in [6, 6.07) is 9.17. The number of ether oxygens (including phenoxy) is 1. The van der Waals surface area contributed by atoms with E-state index in [4.69, 9.17) is 4.74 Å². The van der Waals surface area contributed by atoms with E-state index in [2.05, 4.69) is 10.3 Å². The molecule has 1 unspecified atom stereocenters. The molecule has 1 aromatic heterocycles. The predicted molar refractivity (Wildman–Crippen MR) is 90.0 cm³/mol. The van der Waals surface area contributed by atoms with Crippen molar-refractivity contribution in [3.05, 3.63) is 41.4 Å². The number of carbonyl (C=O) groups is 2. The van der Waals surface area contributed by atoms with Crippen LogP contribution in [0.4, 0.5) is 0 Å². The molecule has 0 fully saturated rings. The van der Waals surface area contributed by atoms with Gasteiger partial charge in [-0.25, -0.2) is 9.78 Å². The maximum Gasteiger partial charge on any atom is 0.328 e. The van der Waals surface area contributed by atoms with E-state index in [1.54, 1.807) is 0 Å². The molecule has 0 radical (unpaired) electrons. The highest BCUT2D eigenvalue weighted by atomic mass is 32.1. The van der Waals surface area contributed by atoms with Crippen molar-refractivity contribution in [1.29, 1.82) is 0 Å². The van der Waals surface area contributed by atoms with Gasteiger partial charge in [-0.3, -0.25) is 4.79 Å². The Labute approximate surface area is 139 Å². The van der Waals surface area contributed by atoms with Crippen LogP contribution in [-0.2, 0) is 20.7 Å². The molecule has 0 aliphatic carbocycles. The smallest absolute Gasteiger partial charge is 0.328 e. The first-order valence-electron chi connectivity index (χ1n) is 7.38. The Morgan fingerprint density at radius 1 is 1.26 bits per heavy atom. The normalized spacial score (nSPS) is 12.0. The number of aromatic nitrogens is 1. The summed E-state index contributed by atoms with van der Waals surface area (Å²) >= 11 is 1.50. The molecular weight excluding hydrogens is 312 g/mol. The zero-order chi connectivity index (χ0) is 16.8. The Balaban J connectivity index is 2.01. The van der Waals surface area contributed by atoms with Gasteiger partial charge in [0, 0.05) is 10.9 Å². The molecule has 1 amide bonds. The molecule has 0 bridgehead atoms. The molecule has 122 valence electrons. The number of rotatable bonds is 6. The first kappa shape index (κ1) is 17.1. The third-order valence-corrected chi connectivity index (χ3v) is 4.29. The molecule has 5 nitrogen and oxygen atoms in total. The highest BCUT2D eigenvalue weighted by Gasteiger charge is 2.25. The zero-order valence-electron chi connectivity index (χ0n) is 13.4. The summed E-state index contributed by atoms with van der Waals surface area (Å²) in [4.78, 5) is 28.3. The predicted octanol–water partition coefficient (Wildman–Crippen LogP) is 2.67. The van der Waals surface area contributed by atoms with E-state index < -0.39 is 12.0 Å². The van der Waals surface area contributed by atoms with Crippen LogP contribution in [0.3, 0.4) is 0 Å². The molecule has 6 heteroatoms. The van der Waals surface area contributed by atoms with Gasteiger partial charge in [-0.2, -0.15) is 0 Å². The van der Waals surface area contributed by atoms with E-state index in [-0.39, 0.29) is 18.2 Å². The summed E-state index contributed by atoms with van der Waals surface area (Å²) in [7, 11) is 1.32. The monoisotopic (exact) mass is 332 g/mol. The van der Waals surface area contributed by atoms with Crippen molar-refractivity contribution in [2.24, 2.45) is 5.92 Å². The van der Waals surface area contributed by atoms with Crippen LogP contribution < -0.4 is 5.32 Å². The van der Waals surface area contributed by atoms with Crippen LogP contribution in [0.2, 0.25) is 0 Å². The van der Waals surface area contributed by atoms with Gasteiger partial charge in [-0.1, -0.05) is 44.2 Å². The summed E-state index contributed by atoms with van der Waals surface area (Å²) in [6.45, 7) is 3.72. The third kappa shape index (κ3) is 4.63. The van der Waals surface area contributed by atoms with E-state index in [1.807, 2.05) is 49.6 Å². The first-order valence-corrected chi connectivity index (χ1v) is 8.26. The van der Waals surface area contributed by atoms with Gasteiger partial charge in [-0.05, 0) is 5.92 Å². The maximum atomic E-state index is 12.1. The number of hydrogen-bond acceptors (Lipinski definition) is 5. The molecular formula is C17H20N2O3S. The van der Waals surface area contributed by atoms with Crippen molar-refractivity contribution < 1.29 is 14.3 Å². The van der Waals surface area contributed by atoms with Gasteiger partial charge in [0.1, 0.15) is 11.0 Å². The number of thiazole rings is 1. The minimum absolute atomic E-state index is 0.0401. The molecule has 1 heterocycles. The lowest BCUT2D eigenvalue weighted by Crippen LogP contribution is -2.45.